The highest BCUT2D eigenvalue weighted by Gasteiger charge is 1.94. The van der Waals surface area contributed by atoms with Gasteiger partial charge in [-0.15, -0.1) is 0 Å². The summed E-state index contributed by atoms with van der Waals surface area (Å²) in [6.45, 7) is 0. The van der Waals surface area contributed by atoms with Crippen molar-refractivity contribution in [2.45, 2.75) is 0 Å². The van der Waals surface area contributed by atoms with Gasteiger partial charge in [-0.2, -0.15) is 0 Å². The summed E-state index contributed by atoms with van der Waals surface area (Å²) in [6.07, 6.45) is 6.44. The Bertz CT molecular complexity index is 667. The van der Waals surface area contributed by atoms with Crippen molar-refractivity contribution in [1.29, 1.82) is 0 Å². The number of carbonyl (C=O) groups excluding carboxylic acids is 1. The predicted octanol–water partition coefficient (Wildman–Crippen LogP) is 3.70. The lowest BCUT2D eigenvalue weighted by Gasteiger charge is -1.99. The van der Waals surface area contributed by atoms with E-state index in [-0.39, 0.29) is 11.5 Å². The summed E-state index contributed by atoms with van der Waals surface area (Å²) in [5.74, 6) is 0.853. The number of carbonyl (C=O) groups is 1. The van der Waals surface area contributed by atoms with Crippen LogP contribution in [0.2, 0.25) is 0 Å². The van der Waals surface area contributed by atoms with Crippen LogP contribution in [-0.4, -0.2) is 18.0 Å². The minimum Gasteiger partial charge on any atom is -0.508 e. The maximum atomic E-state index is 11.8. The maximum absolute atomic E-state index is 11.8. The second kappa shape index (κ2) is 7.10. The average Bonchev–Trinajstić information content (AvgIpc) is 2.52. The Kier molecular flexibility index (Phi) is 4.94. The van der Waals surface area contributed by atoms with E-state index in [2.05, 4.69) is 0 Å². The Hall–Kier alpha value is -2.81. The van der Waals surface area contributed by atoms with Crippen molar-refractivity contribution in [2.75, 3.05) is 7.11 Å². The van der Waals surface area contributed by atoms with E-state index >= 15 is 0 Å². The molecule has 0 saturated carbocycles. The van der Waals surface area contributed by atoms with Crippen molar-refractivity contribution >= 4 is 17.9 Å². The van der Waals surface area contributed by atoms with Gasteiger partial charge in [0.1, 0.15) is 11.5 Å². The summed E-state index contributed by atoms with van der Waals surface area (Å²) in [5.41, 5.74) is 1.76. The van der Waals surface area contributed by atoms with E-state index in [1.54, 1.807) is 43.5 Å². The van der Waals surface area contributed by atoms with Crippen LogP contribution in [-0.2, 0) is 4.79 Å². The molecule has 3 heteroatoms. The molecule has 0 amide bonds. The molecule has 0 bridgehead atoms. The van der Waals surface area contributed by atoms with Crippen LogP contribution < -0.4 is 4.74 Å². The molecule has 1 N–H and O–H groups in total. The van der Waals surface area contributed by atoms with Crippen molar-refractivity contribution < 1.29 is 14.6 Å². The fourth-order valence-electron chi connectivity index (χ4n) is 1.74. The molecule has 0 unspecified atom stereocenters. The molecule has 0 fully saturated rings. The third-order valence-corrected chi connectivity index (χ3v) is 2.87. The first kappa shape index (κ1) is 14.6. The first-order chi connectivity index (χ1) is 10.2. The molecule has 106 valence electrons. The molecule has 2 aromatic rings. The van der Waals surface area contributed by atoms with E-state index < -0.39 is 0 Å². The second-order valence-corrected chi connectivity index (χ2v) is 4.44. The number of allylic oxidation sites excluding steroid dienone is 2. The number of ketones is 1. The number of ether oxygens (including phenoxy) is 1. The van der Waals surface area contributed by atoms with Gasteiger partial charge in [0.25, 0.3) is 0 Å². The van der Waals surface area contributed by atoms with E-state index in [0.717, 1.165) is 16.9 Å². The van der Waals surface area contributed by atoms with Crippen LogP contribution in [0.15, 0.2) is 60.7 Å². The molecule has 2 aromatic carbocycles. The number of aromatic hydroxyl groups is 1. The van der Waals surface area contributed by atoms with Gasteiger partial charge >= 0.3 is 0 Å². The number of benzene rings is 2. The summed E-state index contributed by atoms with van der Waals surface area (Å²) in [6, 6.07) is 14.1. The summed E-state index contributed by atoms with van der Waals surface area (Å²) in [5, 5.41) is 9.17. The number of phenolic OH excluding ortho intramolecular Hbond substituents is 1. The van der Waals surface area contributed by atoms with Crippen LogP contribution in [0.1, 0.15) is 11.1 Å². The molecule has 21 heavy (non-hydrogen) atoms. The number of phenols is 1. The zero-order valence-corrected chi connectivity index (χ0v) is 11.7. The van der Waals surface area contributed by atoms with Gasteiger partial charge < -0.3 is 9.84 Å². The molecular formula is C18H16O3. The Morgan fingerprint density at radius 3 is 2.33 bits per heavy atom. The number of hydrogen-bond acceptors (Lipinski definition) is 3. The minimum absolute atomic E-state index is 0.106. The van der Waals surface area contributed by atoms with Gasteiger partial charge in [0.2, 0.25) is 0 Å². The first-order valence-corrected chi connectivity index (χ1v) is 6.50. The third-order valence-electron chi connectivity index (χ3n) is 2.87. The van der Waals surface area contributed by atoms with Crippen molar-refractivity contribution in [3.8, 4) is 11.5 Å². The molecule has 3 nitrogen and oxygen atoms in total. The zero-order chi connectivity index (χ0) is 15.1. The number of methoxy groups -OCH3 is 1. The summed E-state index contributed by atoms with van der Waals surface area (Å²) < 4.78 is 5.12. The van der Waals surface area contributed by atoms with E-state index in [1.165, 1.54) is 12.2 Å². The van der Waals surface area contributed by atoms with E-state index in [9.17, 15) is 9.90 Å². The van der Waals surface area contributed by atoms with E-state index in [1.807, 2.05) is 24.3 Å². The largest absolute Gasteiger partial charge is 0.508 e. The highest BCUT2D eigenvalue weighted by molar-refractivity contribution is 6.04. The fraction of sp³-hybridized carbons (Fsp3) is 0.0556. The standard InChI is InChI=1S/C18H16O3/c1-21-18-4-2-3-15(13-18)8-12-17(20)11-7-14-5-9-16(19)10-6-14/h2-13,19H,1H3. The zero-order valence-electron chi connectivity index (χ0n) is 11.7. The second-order valence-electron chi connectivity index (χ2n) is 4.44. The lowest BCUT2D eigenvalue weighted by molar-refractivity contribution is -0.110. The van der Waals surface area contributed by atoms with Crippen LogP contribution >= 0.6 is 0 Å². The monoisotopic (exact) mass is 280 g/mol. The molecule has 0 aliphatic rings. The van der Waals surface area contributed by atoms with Gasteiger partial charge in [0.05, 0.1) is 7.11 Å². The van der Waals surface area contributed by atoms with E-state index in [0.29, 0.717) is 0 Å². The van der Waals surface area contributed by atoms with Crippen molar-refractivity contribution in [1.82, 2.24) is 0 Å². The molecular weight excluding hydrogens is 264 g/mol. The topological polar surface area (TPSA) is 46.5 Å². The molecule has 0 aliphatic heterocycles. The molecule has 0 radical (unpaired) electrons. The summed E-state index contributed by atoms with van der Waals surface area (Å²) >= 11 is 0. The van der Waals surface area contributed by atoms with Crippen LogP contribution in [0.3, 0.4) is 0 Å². The Labute approximate surface area is 123 Å². The van der Waals surface area contributed by atoms with Gasteiger partial charge in [0, 0.05) is 0 Å². The minimum atomic E-state index is -0.106. The first-order valence-electron chi connectivity index (χ1n) is 6.50. The summed E-state index contributed by atoms with van der Waals surface area (Å²) in [7, 11) is 1.61. The lowest BCUT2D eigenvalue weighted by atomic mass is 10.1. The normalized spacial score (nSPS) is 11.1. The molecule has 0 aromatic heterocycles. The van der Waals surface area contributed by atoms with Crippen LogP contribution in [0.5, 0.6) is 11.5 Å². The lowest BCUT2D eigenvalue weighted by Crippen LogP contribution is -1.86. The molecule has 0 atom stereocenters. The van der Waals surface area contributed by atoms with Gasteiger partial charge in [-0.25, -0.2) is 0 Å². The quantitative estimate of drug-likeness (QED) is 0.849. The molecule has 0 aliphatic carbocycles. The Morgan fingerprint density at radius 1 is 1.00 bits per heavy atom. The third kappa shape index (κ3) is 4.66. The Balaban J connectivity index is 2.00. The van der Waals surface area contributed by atoms with Gasteiger partial charge in [0.15, 0.2) is 5.78 Å². The van der Waals surface area contributed by atoms with Gasteiger partial charge in [-0.1, -0.05) is 36.4 Å². The fourth-order valence-corrected chi connectivity index (χ4v) is 1.74. The highest BCUT2D eigenvalue weighted by Crippen LogP contribution is 2.14. The van der Waals surface area contributed by atoms with Crippen molar-refractivity contribution in [2.24, 2.45) is 0 Å². The van der Waals surface area contributed by atoms with E-state index in [4.69, 9.17) is 4.74 Å². The molecule has 0 spiro atoms. The van der Waals surface area contributed by atoms with Crippen LogP contribution in [0.4, 0.5) is 0 Å². The molecule has 2 rings (SSSR count). The SMILES string of the molecule is COc1cccc(C=CC(=O)C=Cc2ccc(O)cc2)c1. The number of hydrogen-bond donors (Lipinski definition) is 1. The molecule has 0 saturated heterocycles. The maximum Gasteiger partial charge on any atom is 0.178 e. The smallest absolute Gasteiger partial charge is 0.178 e. The Morgan fingerprint density at radius 2 is 1.67 bits per heavy atom. The van der Waals surface area contributed by atoms with Crippen LogP contribution in [0.25, 0.3) is 12.2 Å². The van der Waals surface area contributed by atoms with Gasteiger partial charge in [-0.3, -0.25) is 4.79 Å². The predicted molar refractivity (Wildman–Crippen MR) is 84.2 cm³/mol. The average molecular weight is 280 g/mol. The van der Waals surface area contributed by atoms with Crippen LogP contribution in [0, 0.1) is 0 Å². The van der Waals surface area contributed by atoms with Crippen molar-refractivity contribution in [3.63, 3.8) is 0 Å². The summed E-state index contributed by atoms with van der Waals surface area (Å²) in [4.78, 5) is 11.8. The molecule has 0 heterocycles. The number of rotatable bonds is 5. The van der Waals surface area contributed by atoms with Crippen molar-refractivity contribution in [3.05, 3.63) is 71.8 Å². The highest BCUT2D eigenvalue weighted by atomic mass is 16.5. The van der Waals surface area contributed by atoms with Gasteiger partial charge in [-0.05, 0) is 47.5 Å².